The number of ether oxygens (including phenoxy) is 1. The SMILES string of the molecule is CC(=O)CCC(NC(=O)OCc1ccccc1)C(N)=O. The molecule has 2 amide bonds. The number of amides is 2. The van der Waals surface area contributed by atoms with E-state index in [1.807, 2.05) is 30.3 Å². The first-order valence-electron chi connectivity index (χ1n) is 6.25. The van der Waals surface area contributed by atoms with Crippen molar-refractivity contribution >= 4 is 17.8 Å². The minimum absolute atomic E-state index is 0.0734. The van der Waals surface area contributed by atoms with Crippen molar-refractivity contribution in [3.63, 3.8) is 0 Å². The molecule has 0 aromatic heterocycles. The van der Waals surface area contributed by atoms with E-state index in [4.69, 9.17) is 10.5 Å². The van der Waals surface area contributed by atoms with E-state index in [1.54, 1.807) is 0 Å². The lowest BCUT2D eigenvalue weighted by molar-refractivity contribution is -0.120. The van der Waals surface area contributed by atoms with Gasteiger partial charge in [0, 0.05) is 6.42 Å². The van der Waals surface area contributed by atoms with Crippen LogP contribution >= 0.6 is 0 Å². The fraction of sp³-hybridized carbons (Fsp3) is 0.357. The standard InChI is InChI=1S/C14H18N2O4/c1-10(17)7-8-12(13(15)18)16-14(19)20-9-11-5-3-2-4-6-11/h2-6,12H,7-9H2,1H3,(H2,15,18)(H,16,19). The third-order valence-electron chi connectivity index (χ3n) is 2.63. The second-order valence-electron chi connectivity index (χ2n) is 4.40. The number of benzene rings is 1. The first kappa shape index (κ1) is 15.7. The van der Waals surface area contributed by atoms with Gasteiger partial charge in [0.25, 0.3) is 0 Å². The average molecular weight is 278 g/mol. The molecule has 0 saturated carbocycles. The summed E-state index contributed by atoms with van der Waals surface area (Å²) in [7, 11) is 0. The smallest absolute Gasteiger partial charge is 0.408 e. The van der Waals surface area contributed by atoms with Crippen LogP contribution in [0, 0.1) is 0 Å². The van der Waals surface area contributed by atoms with E-state index in [0.29, 0.717) is 0 Å². The zero-order valence-corrected chi connectivity index (χ0v) is 11.3. The molecule has 1 aromatic rings. The molecule has 0 saturated heterocycles. The van der Waals surface area contributed by atoms with Gasteiger partial charge in [-0.05, 0) is 18.9 Å². The normalized spacial score (nSPS) is 11.4. The van der Waals surface area contributed by atoms with Crippen LogP contribution in [-0.4, -0.2) is 23.8 Å². The number of alkyl carbamates (subject to hydrolysis) is 1. The summed E-state index contributed by atoms with van der Waals surface area (Å²) in [5, 5.41) is 2.35. The molecule has 0 heterocycles. The van der Waals surface area contributed by atoms with Crippen molar-refractivity contribution in [2.24, 2.45) is 5.73 Å². The summed E-state index contributed by atoms with van der Waals surface area (Å²) in [4.78, 5) is 33.6. The Hall–Kier alpha value is -2.37. The van der Waals surface area contributed by atoms with Crippen molar-refractivity contribution in [2.45, 2.75) is 32.4 Å². The third-order valence-corrected chi connectivity index (χ3v) is 2.63. The quantitative estimate of drug-likeness (QED) is 0.781. The molecule has 108 valence electrons. The summed E-state index contributed by atoms with van der Waals surface area (Å²) in [6.07, 6.45) is -0.390. The predicted octanol–water partition coefficient (Wildman–Crippen LogP) is 1.14. The lowest BCUT2D eigenvalue weighted by atomic mass is 10.1. The highest BCUT2D eigenvalue weighted by Crippen LogP contribution is 2.02. The molecule has 0 aliphatic rings. The summed E-state index contributed by atoms with van der Waals surface area (Å²) < 4.78 is 4.97. The van der Waals surface area contributed by atoms with Gasteiger partial charge in [0.15, 0.2) is 0 Å². The zero-order chi connectivity index (χ0) is 15.0. The topological polar surface area (TPSA) is 98.5 Å². The zero-order valence-electron chi connectivity index (χ0n) is 11.3. The van der Waals surface area contributed by atoms with E-state index in [1.165, 1.54) is 6.92 Å². The highest BCUT2D eigenvalue weighted by atomic mass is 16.5. The maximum Gasteiger partial charge on any atom is 0.408 e. The maximum absolute atomic E-state index is 11.5. The molecule has 0 aliphatic heterocycles. The Balaban J connectivity index is 2.41. The van der Waals surface area contributed by atoms with Gasteiger partial charge in [-0.1, -0.05) is 30.3 Å². The van der Waals surface area contributed by atoms with E-state index >= 15 is 0 Å². The fourth-order valence-electron chi connectivity index (χ4n) is 1.54. The molecule has 6 heteroatoms. The second kappa shape index (κ2) is 7.93. The van der Waals surface area contributed by atoms with Gasteiger partial charge < -0.3 is 20.6 Å². The molecule has 20 heavy (non-hydrogen) atoms. The van der Waals surface area contributed by atoms with Crippen LogP contribution in [-0.2, 0) is 20.9 Å². The Kier molecular flexibility index (Phi) is 6.22. The van der Waals surface area contributed by atoms with E-state index in [9.17, 15) is 14.4 Å². The predicted molar refractivity (Wildman–Crippen MR) is 72.7 cm³/mol. The van der Waals surface area contributed by atoms with E-state index in [2.05, 4.69) is 5.32 Å². The van der Waals surface area contributed by atoms with Crippen molar-refractivity contribution in [1.29, 1.82) is 0 Å². The molecule has 0 aliphatic carbocycles. The molecule has 1 aromatic carbocycles. The first-order chi connectivity index (χ1) is 9.49. The molecule has 1 unspecified atom stereocenters. The maximum atomic E-state index is 11.5. The van der Waals surface area contributed by atoms with Gasteiger partial charge in [0.2, 0.25) is 5.91 Å². The monoisotopic (exact) mass is 278 g/mol. The van der Waals surface area contributed by atoms with Crippen LogP contribution in [0.4, 0.5) is 4.79 Å². The Morgan fingerprint density at radius 1 is 1.25 bits per heavy atom. The number of hydrogen-bond donors (Lipinski definition) is 2. The minimum atomic E-state index is -0.901. The fourth-order valence-corrected chi connectivity index (χ4v) is 1.54. The molecule has 6 nitrogen and oxygen atoms in total. The Morgan fingerprint density at radius 2 is 1.90 bits per heavy atom. The van der Waals surface area contributed by atoms with Crippen LogP contribution in [0.3, 0.4) is 0 Å². The van der Waals surface area contributed by atoms with Crippen LogP contribution in [0.15, 0.2) is 30.3 Å². The number of hydrogen-bond acceptors (Lipinski definition) is 4. The number of nitrogens with two attached hydrogens (primary N) is 1. The van der Waals surface area contributed by atoms with Crippen LogP contribution in [0.5, 0.6) is 0 Å². The number of primary amides is 1. The summed E-state index contributed by atoms with van der Waals surface area (Å²) in [6, 6.07) is 8.24. The molecular weight excluding hydrogens is 260 g/mol. The van der Waals surface area contributed by atoms with E-state index in [-0.39, 0.29) is 25.2 Å². The highest BCUT2D eigenvalue weighted by Gasteiger charge is 2.19. The number of carbonyl (C=O) groups is 3. The summed E-state index contributed by atoms with van der Waals surface area (Å²) in [5.74, 6) is -0.765. The molecule has 0 radical (unpaired) electrons. The Morgan fingerprint density at radius 3 is 2.45 bits per heavy atom. The lowest BCUT2D eigenvalue weighted by Crippen LogP contribution is -2.44. The van der Waals surface area contributed by atoms with Gasteiger partial charge in [-0.25, -0.2) is 4.79 Å². The van der Waals surface area contributed by atoms with Crippen molar-refractivity contribution in [1.82, 2.24) is 5.32 Å². The van der Waals surface area contributed by atoms with Gasteiger partial charge in [0.1, 0.15) is 18.4 Å². The molecule has 0 fully saturated rings. The summed E-state index contributed by atoms with van der Waals surface area (Å²) in [5.41, 5.74) is 5.99. The second-order valence-corrected chi connectivity index (χ2v) is 4.40. The van der Waals surface area contributed by atoms with Crippen LogP contribution < -0.4 is 11.1 Å². The first-order valence-corrected chi connectivity index (χ1v) is 6.25. The lowest BCUT2D eigenvalue weighted by Gasteiger charge is -2.14. The van der Waals surface area contributed by atoms with Crippen molar-refractivity contribution in [2.75, 3.05) is 0 Å². The molecule has 3 N–H and O–H groups in total. The largest absolute Gasteiger partial charge is 0.445 e. The van der Waals surface area contributed by atoms with E-state index in [0.717, 1.165) is 5.56 Å². The number of Topliss-reactive ketones (excluding diaryl/α,β-unsaturated/α-hetero) is 1. The summed E-state index contributed by atoms with van der Waals surface area (Å²) >= 11 is 0. The van der Waals surface area contributed by atoms with Crippen molar-refractivity contribution < 1.29 is 19.1 Å². The van der Waals surface area contributed by atoms with E-state index < -0.39 is 18.0 Å². The van der Waals surface area contributed by atoms with Gasteiger partial charge in [0.05, 0.1) is 0 Å². The van der Waals surface area contributed by atoms with Crippen molar-refractivity contribution in [3.8, 4) is 0 Å². The number of ketones is 1. The van der Waals surface area contributed by atoms with Gasteiger partial charge in [-0.3, -0.25) is 4.79 Å². The molecule has 1 rings (SSSR count). The number of nitrogens with one attached hydrogen (secondary N) is 1. The van der Waals surface area contributed by atoms with Gasteiger partial charge >= 0.3 is 6.09 Å². The minimum Gasteiger partial charge on any atom is -0.445 e. The average Bonchev–Trinajstić information content (AvgIpc) is 2.41. The highest BCUT2D eigenvalue weighted by molar-refractivity contribution is 5.85. The molecule has 0 spiro atoms. The third kappa shape index (κ3) is 5.99. The van der Waals surface area contributed by atoms with Crippen LogP contribution in [0.1, 0.15) is 25.3 Å². The van der Waals surface area contributed by atoms with Gasteiger partial charge in [-0.2, -0.15) is 0 Å². The molecule has 1 atom stereocenters. The van der Waals surface area contributed by atoms with Crippen LogP contribution in [0.2, 0.25) is 0 Å². The summed E-state index contributed by atoms with van der Waals surface area (Å²) in [6.45, 7) is 1.51. The molecular formula is C14H18N2O4. The molecule has 0 bridgehead atoms. The number of carbonyl (C=O) groups excluding carboxylic acids is 3. The van der Waals surface area contributed by atoms with Gasteiger partial charge in [-0.15, -0.1) is 0 Å². The van der Waals surface area contributed by atoms with Crippen molar-refractivity contribution in [3.05, 3.63) is 35.9 Å². The van der Waals surface area contributed by atoms with Crippen LogP contribution in [0.25, 0.3) is 0 Å². The Labute approximate surface area is 117 Å². The Bertz CT molecular complexity index is 473. The number of rotatable bonds is 7.